The van der Waals surface area contributed by atoms with Crippen LogP contribution in [0.15, 0.2) is 28.2 Å². The van der Waals surface area contributed by atoms with Crippen LogP contribution in [-0.4, -0.2) is 66.0 Å². The maximum Gasteiger partial charge on any atom is 0.337 e. The van der Waals surface area contributed by atoms with E-state index in [1.165, 1.54) is 29.5 Å². The minimum absolute atomic E-state index is 0.0402. The zero-order valence-corrected chi connectivity index (χ0v) is 16.8. The number of fused-ring (bicyclic) bond motifs is 1. The van der Waals surface area contributed by atoms with Crippen molar-refractivity contribution in [1.82, 2.24) is 14.5 Å². The van der Waals surface area contributed by atoms with E-state index in [1.807, 2.05) is 4.90 Å². The van der Waals surface area contributed by atoms with Gasteiger partial charge in [0.05, 0.1) is 42.5 Å². The van der Waals surface area contributed by atoms with Gasteiger partial charge in [0.2, 0.25) is 5.91 Å². The molecule has 28 heavy (non-hydrogen) atoms. The van der Waals surface area contributed by atoms with Crippen molar-refractivity contribution in [2.45, 2.75) is 24.5 Å². The van der Waals surface area contributed by atoms with Gasteiger partial charge in [-0.15, -0.1) is 0 Å². The van der Waals surface area contributed by atoms with Crippen molar-refractivity contribution < 1.29 is 19.1 Å². The van der Waals surface area contributed by atoms with Gasteiger partial charge in [-0.3, -0.25) is 14.2 Å². The Morgan fingerprint density at radius 3 is 2.64 bits per heavy atom. The fraction of sp³-hybridized carbons (Fsp3) is 0.474. The highest BCUT2D eigenvalue weighted by Gasteiger charge is 2.20. The Balaban J connectivity index is 1.95. The number of carbonyl (C=O) groups excluding carboxylic acids is 2. The van der Waals surface area contributed by atoms with Gasteiger partial charge in [0, 0.05) is 20.2 Å². The molecule has 1 fully saturated rings. The summed E-state index contributed by atoms with van der Waals surface area (Å²) < 4.78 is 11.4. The number of hydrogen-bond acceptors (Lipinski definition) is 7. The number of ether oxygens (including phenoxy) is 2. The van der Waals surface area contributed by atoms with Crippen LogP contribution < -0.4 is 5.56 Å². The minimum atomic E-state index is -0.495. The topological polar surface area (TPSA) is 90.7 Å². The smallest absolute Gasteiger partial charge is 0.337 e. The Bertz CT molecular complexity index is 937. The molecule has 0 spiro atoms. The van der Waals surface area contributed by atoms with Crippen LogP contribution in [0.3, 0.4) is 0 Å². The van der Waals surface area contributed by atoms with E-state index in [4.69, 9.17) is 9.47 Å². The van der Waals surface area contributed by atoms with Gasteiger partial charge in [0.1, 0.15) is 0 Å². The van der Waals surface area contributed by atoms with Gasteiger partial charge in [0.15, 0.2) is 5.16 Å². The zero-order chi connectivity index (χ0) is 20.1. The Hall–Kier alpha value is -2.39. The molecule has 1 aliphatic rings. The highest BCUT2D eigenvalue weighted by molar-refractivity contribution is 7.99. The molecular weight excluding hydrogens is 382 g/mol. The molecule has 0 atom stereocenters. The van der Waals surface area contributed by atoms with Gasteiger partial charge in [-0.2, -0.15) is 0 Å². The third-order valence-corrected chi connectivity index (χ3v) is 5.61. The monoisotopic (exact) mass is 405 g/mol. The lowest BCUT2D eigenvalue weighted by atomic mass is 10.1. The summed E-state index contributed by atoms with van der Waals surface area (Å²) in [5, 5.41) is 0.836. The predicted molar refractivity (Wildman–Crippen MR) is 106 cm³/mol. The molecule has 0 unspecified atom stereocenters. The lowest BCUT2D eigenvalue weighted by Crippen LogP contribution is -2.30. The van der Waals surface area contributed by atoms with E-state index in [1.54, 1.807) is 19.2 Å². The predicted octanol–water partition coefficient (Wildman–Crippen LogP) is 1.54. The third kappa shape index (κ3) is 4.36. The summed E-state index contributed by atoms with van der Waals surface area (Å²) >= 11 is 1.23. The summed E-state index contributed by atoms with van der Waals surface area (Å²) in [7, 11) is 2.86. The van der Waals surface area contributed by atoms with Crippen molar-refractivity contribution in [1.29, 1.82) is 0 Å². The second kappa shape index (κ2) is 9.20. The Kier molecular flexibility index (Phi) is 6.69. The number of benzene rings is 1. The molecule has 3 rings (SSSR count). The Morgan fingerprint density at radius 1 is 1.21 bits per heavy atom. The molecule has 1 aliphatic heterocycles. The van der Waals surface area contributed by atoms with Gasteiger partial charge in [-0.25, -0.2) is 9.78 Å². The highest BCUT2D eigenvalue weighted by Crippen LogP contribution is 2.20. The maximum absolute atomic E-state index is 12.9. The van der Waals surface area contributed by atoms with Gasteiger partial charge in [-0.1, -0.05) is 11.8 Å². The average molecular weight is 405 g/mol. The number of likely N-dealkylation sites (tertiary alicyclic amines) is 1. The van der Waals surface area contributed by atoms with E-state index in [-0.39, 0.29) is 17.2 Å². The van der Waals surface area contributed by atoms with E-state index in [0.29, 0.717) is 34.8 Å². The van der Waals surface area contributed by atoms with Crippen LogP contribution in [0.4, 0.5) is 0 Å². The molecule has 150 valence electrons. The zero-order valence-electron chi connectivity index (χ0n) is 16.0. The van der Waals surface area contributed by atoms with Crippen LogP contribution >= 0.6 is 11.8 Å². The molecule has 1 saturated heterocycles. The van der Waals surface area contributed by atoms with Crippen LogP contribution in [0.25, 0.3) is 10.9 Å². The minimum Gasteiger partial charge on any atom is -0.465 e. The van der Waals surface area contributed by atoms with E-state index >= 15 is 0 Å². The quantitative estimate of drug-likeness (QED) is 0.392. The fourth-order valence-electron chi connectivity index (χ4n) is 3.12. The lowest BCUT2D eigenvalue weighted by molar-refractivity contribution is -0.127. The summed E-state index contributed by atoms with van der Waals surface area (Å²) in [6.07, 6.45) is 2.05. The highest BCUT2D eigenvalue weighted by atomic mass is 32.2. The summed E-state index contributed by atoms with van der Waals surface area (Å²) in [5.74, 6) is -0.245. The molecule has 8 nitrogen and oxygen atoms in total. The van der Waals surface area contributed by atoms with Crippen LogP contribution in [0.1, 0.15) is 23.2 Å². The summed E-state index contributed by atoms with van der Waals surface area (Å²) in [6, 6.07) is 4.65. The molecule has 0 bridgehead atoms. The van der Waals surface area contributed by atoms with Crippen molar-refractivity contribution in [2.75, 3.05) is 39.7 Å². The first-order chi connectivity index (χ1) is 13.5. The average Bonchev–Trinajstić information content (AvgIpc) is 3.25. The normalized spacial score (nSPS) is 13.9. The molecule has 2 heterocycles. The summed E-state index contributed by atoms with van der Waals surface area (Å²) in [4.78, 5) is 43.5. The van der Waals surface area contributed by atoms with E-state index < -0.39 is 5.97 Å². The molecule has 2 aromatic rings. The first-order valence-corrected chi connectivity index (χ1v) is 10.1. The van der Waals surface area contributed by atoms with Crippen molar-refractivity contribution in [3.63, 3.8) is 0 Å². The molecular formula is C19H23N3O5S. The lowest BCUT2D eigenvalue weighted by Gasteiger charge is -2.16. The van der Waals surface area contributed by atoms with Crippen LogP contribution in [0, 0.1) is 0 Å². The SMILES string of the molecule is COCCn1c(SCC(=O)N2CCCC2)nc2cc(C(=O)OC)ccc2c1=O. The van der Waals surface area contributed by atoms with Crippen molar-refractivity contribution in [2.24, 2.45) is 0 Å². The number of esters is 1. The molecule has 0 saturated carbocycles. The van der Waals surface area contributed by atoms with E-state index in [9.17, 15) is 14.4 Å². The maximum atomic E-state index is 12.9. The number of carbonyl (C=O) groups is 2. The summed E-state index contributed by atoms with van der Waals surface area (Å²) in [6.45, 7) is 2.24. The third-order valence-electron chi connectivity index (χ3n) is 4.64. The van der Waals surface area contributed by atoms with E-state index in [2.05, 4.69) is 4.98 Å². The number of methoxy groups -OCH3 is 2. The Morgan fingerprint density at radius 2 is 1.96 bits per heavy atom. The molecule has 0 aliphatic carbocycles. The number of hydrogen-bond donors (Lipinski definition) is 0. The number of nitrogens with zero attached hydrogens (tertiary/aromatic N) is 3. The van der Waals surface area contributed by atoms with Gasteiger partial charge >= 0.3 is 5.97 Å². The summed E-state index contributed by atoms with van der Waals surface area (Å²) in [5.41, 5.74) is 0.493. The Labute approximate surface area is 166 Å². The molecule has 9 heteroatoms. The van der Waals surface area contributed by atoms with Crippen LogP contribution in [-0.2, 0) is 20.8 Å². The van der Waals surface area contributed by atoms with Gasteiger partial charge in [-0.05, 0) is 31.0 Å². The van der Waals surface area contributed by atoms with Crippen molar-refractivity contribution >= 4 is 34.5 Å². The molecule has 0 N–H and O–H groups in total. The molecule has 1 aromatic heterocycles. The number of rotatable bonds is 7. The molecule has 1 amide bonds. The van der Waals surface area contributed by atoms with E-state index in [0.717, 1.165) is 25.9 Å². The fourth-order valence-corrected chi connectivity index (χ4v) is 4.05. The van der Waals surface area contributed by atoms with Crippen LogP contribution in [0.2, 0.25) is 0 Å². The van der Waals surface area contributed by atoms with Gasteiger partial charge < -0.3 is 14.4 Å². The molecule has 0 radical (unpaired) electrons. The van der Waals surface area contributed by atoms with Gasteiger partial charge in [0.25, 0.3) is 5.56 Å². The number of aromatic nitrogens is 2. The second-order valence-corrected chi connectivity index (χ2v) is 7.39. The first-order valence-electron chi connectivity index (χ1n) is 9.07. The molecule has 1 aromatic carbocycles. The largest absolute Gasteiger partial charge is 0.465 e. The number of amides is 1. The second-order valence-electron chi connectivity index (χ2n) is 6.44. The van der Waals surface area contributed by atoms with Crippen LogP contribution in [0.5, 0.6) is 0 Å². The van der Waals surface area contributed by atoms with Crippen molar-refractivity contribution in [3.05, 3.63) is 34.1 Å². The van der Waals surface area contributed by atoms with Crippen molar-refractivity contribution in [3.8, 4) is 0 Å². The number of thioether (sulfide) groups is 1. The first kappa shape index (κ1) is 20.3. The standard InChI is InChI=1S/C19H23N3O5S/c1-26-10-9-22-17(24)14-6-5-13(18(25)27-2)11-15(14)20-19(22)28-12-16(23)21-7-3-4-8-21/h5-6,11H,3-4,7-10,12H2,1-2H3.